The molecule has 9 heteroatoms. The van der Waals surface area contributed by atoms with Gasteiger partial charge in [-0.25, -0.2) is 4.68 Å². The fraction of sp³-hybridized carbons (Fsp3) is 0.417. The molecular formula is C12H13N7O2. The maximum Gasteiger partial charge on any atom is 0.254 e. The predicted molar refractivity (Wildman–Crippen MR) is 73.4 cm³/mol. The molecule has 3 fully saturated rings. The SMILES string of the molecule is C/C=N\N=C(/C=N)c1cn(C23CC(C2)C(=O)NC3=O)nn1. The van der Waals surface area contributed by atoms with Crippen LogP contribution in [0.5, 0.6) is 0 Å². The first-order valence-corrected chi connectivity index (χ1v) is 6.45. The molecule has 2 amide bonds. The van der Waals surface area contributed by atoms with Crippen LogP contribution in [0.3, 0.4) is 0 Å². The Balaban J connectivity index is 1.91. The Labute approximate surface area is 119 Å². The molecule has 1 aliphatic carbocycles. The molecule has 1 aromatic rings. The maximum absolute atomic E-state index is 12.1. The van der Waals surface area contributed by atoms with Crippen molar-refractivity contribution < 1.29 is 9.59 Å². The number of rotatable bonds is 4. The second-order valence-electron chi connectivity index (χ2n) is 5.01. The third-order valence-electron chi connectivity index (χ3n) is 3.81. The van der Waals surface area contributed by atoms with E-state index < -0.39 is 5.54 Å². The smallest absolute Gasteiger partial charge is 0.254 e. The van der Waals surface area contributed by atoms with Crippen molar-refractivity contribution in [3.63, 3.8) is 0 Å². The molecule has 0 aromatic carbocycles. The average molecular weight is 287 g/mol. The summed E-state index contributed by atoms with van der Waals surface area (Å²) in [5.41, 5.74) is -0.234. The van der Waals surface area contributed by atoms with Crippen molar-refractivity contribution in [3.8, 4) is 0 Å². The molecule has 0 spiro atoms. The van der Waals surface area contributed by atoms with Crippen molar-refractivity contribution in [2.75, 3.05) is 0 Å². The van der Waals surface area contributed by atoms with E-state index in [1.54, 1.807) is 13.1 Å². The van der Waals surface area contributed by atoms with Gasteiger partial charge in [-0.1, -0.05) is 5.21 Å². The van der Waals surface area contributed by atoms with E-state index in [1.165, 1.54) is 10.9 Å². The summed E-state index contributed by atoms with van der Waals surface area (Å²) >= 11 is 0. The third-order valence-corrected chi connectivity index (χ3v) is 3.81. The molecule has 1 aromatic heterocycles. The van der Waals surface area contributed by atoms with Gasteiger partial charge in [-0.3, -0.25) is 14.9 Å². The van der Waals surface area contributed by atoms with Crippen molar-refractivity contribution in [1.82, 2.24) is 20.3 Å². The van der Waals surface area contributed by atoms with Gasteiger partial charge >= 0.3 is 0 Å². The zero-order valence-corrected chi connectivity index (χ0v) is 11.3. The third kappa shape index (κ3) is 1.89. The number of fused-ring (bicyclic) bond motifs is 2. The van der Waals surface area contributed by atoms with Crippen LogP contribution in [-0.2, 0) is 15.1 Å². The second-order valence-corrected chi connectivity index (χ2v) is 5.01. The summed E-state index contributed by atoms with van der Waals surface area (Å²) in [6.45, 7) is 1.71. The minimum Gasteiger partial charge on any atom is -0.306 e. The van der Waals surface area contributed by atoms with Gasteiger partial charge in [0.2, 0.25) is 5.91 Å². The lowest BCUT2D eigenvalue weighted by atomic mass is 9.64. The minimum atomic E-state index is -0.842. The molecule has 2 aliphatic heterocycles. The molecule has 21 heavy (non-hydrogen) atoms. The molecule has 3 heterocycles. The van der Waals surface area contributed by atoms with Gasteiger partial charge < -0.3 is 5.41 Å². The zero-order chi connectivity index (χ0) is 15.0. The molecule has 0 unspecified atom stereocenters. The van der Waals surface area contributed by atoms with E-state index in [0.717, 1.165) is 6.21 Å². The van der Waals surface area contributed by atoms with Gasteiger partial charge in [0.05, 0.1) is 6.20 Å². The molecule has 2 saturated heterocycles. The summed E-state index contributed by atoms with van der Waals surface area (Å²) < 4.78 is 1.45. The van der Waals surface area contributed by atoms with Crippen LogP contribution in [-0.4, -0.2) is 44.9 Å². The fourth-order valence-electron chi connectivity index (χ4n) is 2.61. The van der Waals surface area contributed by atoms with E-state index in [4.69, 9.17) is 5.41 Å². The first-order chi connectivity index (χ1) is 10.1. The number of nitrogens with zero attached hydrogens (tertiary/aromatic N) is 5. The highest BCUT2D eigenvalue weighted by molar-refractivity contribution is 6.36. The number of amides is 2. The molecule has 1 saturated carbocycles. The van der Waals surface area contributed by atoms with Crippen molar-refractivity contribution in [3.05, 3.63) is 11.9 Å². The Hall–Kier alpha value is -2.71. The Kier molecular flexibility index (Phi) is 2.96. The summed E-state index contributed by atoms with van der Waals surface area (Å²) in [6.07, 6.45) is 4.94. The number of nitrogens with one attached hydrogen (secondary N) is 2. The lowest BCUT2D eigenvalue weighted by molar-refractivity contribution is -0.157. The van der Waals surface area contributed by atoms with Gasteiger partial charge in [-0.2, -0.15) is 5.10 Å². The Bertz CT molecular complexity index is 682. The van der Waals surface area contributed by atoms with E-state index in [-0.39, 0.29) is 23.4 Å². The molecule has 4 rings (SSSR count). The molecule has 0 atom stereocenters. The lowest BCUT2D eigenvalue weighted by Crippen LogP contribution is -2.67. The Morgan fingerprint density at radius 1 is 1.57 bits per heavy atom. The van der Waals surface area contributed by atoms with Gasteiger partial charge in [0.15, 0.2) is 0 Å². The van der Waals surface area contributed by atoms with E-state index in [0.29, 0.717) is 18.5 Å². The average Bonchev–Trinajstić information content (AvgIpc) is 2.88. The van der Waals surface area contributed by atoms with Crippen LogP contribution in [0.2, 0.25) is 0 Å². The second kappa shape index (κ2) is 4.69. The predicted octanol–water partition coefficient (Wildman–Crippen LogP) is -0.516. The summed E-state index contributed by atoms with van der Waals surface area (Å²) in [5, 5.41) is 25.1. The standard InChI is InChI=1S/C12H13N7O2/c1-2-14-16-8(5-13)9-6-19(18-17-9)12-3-7(4-12)10(20)15-11(12)21/h2,5-7,13H,3-4H2,1H3,(H,15,20,21)/b13-5?,14-2-,16-8+. The van der Waals surface area contributed by atoms with Crippen LogP contribution in [0.4, 0.5) is 0 Å². The maximum atomic E-state index is 12.1. The van der Waals surface area contributed by atoms with Gasteiger partial charge in [0.25, 0.3) is 5.91 Å². The first-order valence-electron chi connectivity index (χ1n) is 6.45. The largest absolute Gasteiger partial charge is 0.306 e. The highest BCUT2D eigenvalue weighted by Gasteiger charge is 2.59. The van der Waals surface area contributed by atoms with E-state index in [2.05, 4.69) is 25.8 Å². The van der Waals surface area contributed by atoms with Crippen molar-refractivity contribution in [2.45, 2.75) is 25.3 Å². The quantitative estimate of drug-likeness (QED) is 0.439. The molecular weight excluding hydrogens is 274 g/mol. The first kappa shape index (κ1) is 13.3. The van der Waals surface area contributed by atoms with E-state index in [1.807, 2.05) is 0 Å². The molecule has 3 aliphatic rings. The Morgan fingerprint density at radius 2 is 2.33 bits per heavy atom. The number of imide groups is 1. The lowest BCUT2D eigenvalue weighted by Gasteiger charge is -2.48. The number of carbonyl (C=O) groups excluding carboxylic acids is 2. The van der Waals surface area contributed by atoms with Gasteiger partial charge in [0, 0.05) is 18.3 Å². The number of hydrogen-bond acceptors (Lipinski definition) is 7. The topological polar surface area (TPSA) is 125 Å². The number of hydrogen-bond donors (Lipinski definition) is 2. The molecule has 2 bridgehead atoms. The van der Waals surface area contributed by atoms with Gasteiger partial charge in [-0.05, 0) is 19.8 Å². The summed E-state index contributed by atoms with van der Waals surface area (Å²) in [4.78, 5) is 23.5. The fourth-order valence-corrected chi connectivity index (χ4v) is 2.61. The van der Waals surface area contributed by atoms with Gasteiger partial charge in [0.1, 0.15) is 16.9 Å². The molecule has 9 nitrogen and oxygen atoms in total. The van der Waals surface area contributed by atoms with Crippen molar-refractivity contribution in [1.29, 1.82) is 5.41 Å². The van der Waals surface area contributed by atoms with Gasteiger partial charge in [-0.15, -0.1) is 10.2 Å². The minimum absolute atomic E-state index is 0.143. The van der Waals surface area contributed by atoms with Crippen molar-refractivity contribution >= 4 is 30.0 Å². The van der Waals surface area contributed by atoms with E-state index in [9.17, 15) is 9.59 Å². The van der Waals surface area contributed by atoms with E-state index >= 15 is 0 Å². The molecule has 0 radical (unpaired) electrons. The van der Waals surface area contributed by atoms with Crippen LogP contribution in [0.15, 0.2) is 16.4 Å². The van der Waals surface area contributed by atoms with Crippen LogP contribution < -0.4 is 5.32 Å². The summed E-state index contributed by atoms with van der Waals surface area (Å²) in [5.74, 6) is -0.719. The number of piperidine rings is 2. The normalized spacial score (nSPS) is 28.4. The summed E-state index contributed by atoms with van der Waals surface area (Å²) in [6, 6.07) is 0. The zero-order valence-electron chi connectivity index (χ0n) is 11.3. The summed E-state index contributed by atoms with van der Waals surface area (Å²) in [7, 11) is 0. The monoisotopic (exact) mass is 287 g/mol. The van der Waals surface area contributed by atoms with Crippen LogP contribution in [0, 0.1) is 11.3 Å². The molecule has 2 N–H and O–H groups in total. The highest BCUT2D eigenvalue weighted by atomic mass is 16.2. The van der Waals surface area contributed by atoms with Crippen LogP contribution in [0.1, 0.15) is 25.5 Å². The number of carbonyl (C=O) groups is 2. The van der Waals surface area contributed by atoms with Crippen LogP contribution in [0.25, 0.3) is 0 Å². The van der Waals surface area contributed by atoms with Crippen LogP contribution >= 0.6 is 0 Å². The number of aromatic nitrogens is 3. The highest BCUT2D eigenvalue weighted by Crippen LogP contribution is 2.46. The Morgan fingerprint density at radius 3 is 2.95 bits per heavy atom. The van der Waals surface area contributed by atoms with Crippen molar-refractivity contribution in [2.24, 2.45) is 16.1 Å². The molecule has 108 valence electrons.